The number of carbonyl (C=O) groups is 1. The molecule has 1 aromatic carbocycles. The zero-order chi connectivity index (χ0) is 18.8. The van der Waals surface area contributed by atoms with E-state index in [4.69, 9.17) is 0 Å². The van der Waals surface area contributed by atoms with E-state index in [1.807, 2.05) is 48.9 Å². The van der Waals surface area contributed by atoms with Crippen LogP contribution in [0.2, 0.25) is 0 Å². The van der Waals surface area contributed by atoms with Crippen LogP contribution in [0.3, 0.4) is 0 Å². The van der Waals surface area contributed by atoms with Gasteiger partial charge >= 0.3 is 0 Å². The van der Waals surface area contributed by atoms with E-state index in [-0.39, 0.29) is 11.9 Å². The SMILES string of the molecule is Cc1nn(C(C)C)c(C)c1CN(C)C(=O)c1cn(-c2ccccc2)nn1. The van der Waals surface area contributed by atoms with E-state index in [9.17, 15) is 4.79 Å². The molecule has 0 N–H and O–H groups in total. The average molecular weight is 352 g/mol. The monoisotopic (exact) mass is 352 g/mol. The van der Waals surface area contributed by atoms with Crippen LogP contribution in [0.5, 0.6) is 0 Å². The third kappa shape index (κ3) is 3.37. The van der Waals surface area contributed by atoms with Crippen molar-refractivity contribution >= 4 is 5.91 Å². The van der Waals surface area contributed by atoms with Gasteiger partial charge in [-0.3, -0.25) is 9.48 Å². The van der Waals surface area contributed by atoms with Crippen molar-refractivity contribution in [2.75, 3.05) is 7.05 Å². The van der Waals surface area contributed by atoms with Crippen LogP contribution in [0.15, 0.2) is 36.5 Å². The Morgan fingerprint density at radius 1 is 1.19 bits per heavy atom. The lowest BCUT2D eigenvalue weighted by Crippen LogP contribution is -2.27. The Labute approximate surface area is 153 Å². The molecule has 3 rings (SSSR count). The topological polar surface area (TPSA) is 68.8 Å². The summed E-state index contributed by atoms with van der Waals surface area (Å²) in [6.45, 7) is 8.70. The van der Waals surface area contributed by atoms with Gasteiger partial charge in [0.05, 0.1) is 17.6 Å². The standard InChI is InChI=1S/C19H24N6O/c1-13(2)25-15(4)17(14(3)21-25)11-23(5)19(26)18-12-24(22-20-18)16-9-7-6-8-10-16/h6-10,12-13H,11H2,1-5H3. The number of amides is 1. The second-order valence-electron chi connectivity index (χ2n) is 6.73. The van der Waals surface area contributed by atoms with Gasteiger partial charge in [0.15, 0.2) is 5.69 Å². The molecule has 26 heavy (non-hydrogen) atoms. The van der Waals surface area contributed by atoms with Crippen LogP contribution in [-0.4, -0.2) is 42.6 Å². The van der Waals surface area contributed by atoms with Gasteiger partial charge in [0.1, 0.15) is 0 Å². The van der Waals surface area contributed by atoms with Crippen molar-refractivity contribution in [2.24, 2.45) is 0 Å². The lowest BCUT2D eigenvalue weighted by Gasteiger charge is -2.16. The van der Waals surface area contributed by atoms with Gasteiger partial charge in [-0.2, -0.15) is 5.10 Å². The summed E-state index contributed by atoms with van der Waals surface area (Å²) in [4.78, 5) is 14.4. The van der Waals surface area contributed by atoms with Crippen LogP contribution in [0.1, 0.15) is 47.3 Å². The van der Waals surface area contributed by atoms with Crippen molar-refractivity contribution < 1.29 is 4.79 Å². The minimum absolute atomic E-state index is 0.164. The van der Waals surface area contributed by atoms with Crippen LogP contribution >= 0.6 is 0 Å². The summed E-state index contributed by atoms with van der Waals surface area (Å²) in [6.07, 6.45) is 1.66. The molecule has 0 radical (unpaired) electrons. The van der Waals surface area contributed by atoms with Gasteiger partial charge in [-0.1, -0.05) is 23.4 Å². The van der Waals surface area contributed by atoms with E-state index < -0.39 is 0 Å². The second-order valence-corrected chi connectivity index (χ2v) is 6.73. The van der Waals surface area contributed by atoms with Gasteiger partial charge in [0, 0.05) is 30.9 Å². The quantitative estimate of drug-likeness (QED) is 0.708. The van der Waals surface area contributed by atoms with E-state index in [0.29, 0.717) is 12.2 Å². The largest absolute Gasteiger partial charge is 0.336 e. The molecule has 7 heteroatoms. The first kappa shape index (κ1) is 17.8. The van der Waals surface area contributed by atoms with Gasteiger partial charge < -0.3 is 4.90 Å². The molecule has 0 bridgehead atoms. The fourth-order valence-electron chi connectivity index (χ4n) is 3.00. The Morgan fingerprint density at radius 2 is 1.88 bits per heavy atom. The smallest absolute Gasteiger partial charge is 0.276 e. The normalized spacial score (nSPS) is 11.2. The molecule has 0 unspecified atom stereocenters. The highest BCUT2D eigenvalue weighted by Gasteiger charge is 2.20. The summed E-state index contributed by atoms with van der Waals surface area (Å²) in [5.74, 6) is -0.164. The maximum Gasteiger partial charge on any atom is 0.276 e. The first-order valence-electron chi connectivity index (χ1n) is 8.66. The maximum absolute atomic E-state index is 12.7. The Kier molecular flexibility index (Phi) is 4.88. The van der Waals surface area contributed by atoms with Gasteiger partial charge in [-0.15, -0.1) is 5.10 Å². The molecule has 2 heterocycles. The fourth-order valence-corrected chi connectivity index (χ4v) is 3.00. The summed E-state index contributed by atoms with van der Waals surface area (Å²) in [5.41, 5.74) is 4.30. The number of nitrogens with zero attached hydrogens (tertiary/aromatic N) is 6. The van der Waals surface area contributed by atoms with Crippen molar-refractivity contribution in [3.63, 3.8) is 0 Å². The average Bonchev–Trinajstić information content (AvgIpc) is 3.22. The minimum Gasteiger partial charge on any atom is -0.336 e. The first-order valence-corrected chi connectivity index (χ1v) is 8.66. The zero-order valence-electron chi connectivity index (χ0n) is 15.8. The lowest BCUT2D eigenvalue weighted by atomic mass is 10.2. The van der Waals surface area contributed by atoms with E-state index in [1.165, 1.54) is 0 Å². The first-order chi connectivity index (χ1) is 12.4. The highest BCUT2D eigenvalue weighted by Crippen LogP contribution is 2.19. The molecule has 0 fully saturated rings. The van der Waals surface area contributed by atoms with Crippen LogP contribution in [-0.2, 0) is 6.54 Å². The van der Waals surface area contributed by atoms with Crippen molar-refractivity contribution in [3.8, 4) is 5.69 Å². The highest BCUT2D eigenvalue weighted by atomic mass is 16.2. The highest BCUT2D eigenvalue weighted by molar-refractivity contribution is 5.91. The molecule has 0 atom stereocenters. The van der Waals surface area contributed by atoms with Crippen LogP contribution in [0, 0.1) is 13.8 Å². The number of aryl methyl sites for hydroxylation is 1. The summed E-state index contributed by atoms with van der Waals surface area (Å²) in [5, 5.41) is 12.7. The Morgan fingerprint density at radius 3 is 2.50 bits per heavy atom. The maximum atomic E-state index is 12.7. The molecule has 2 aromatic heterocycles. The van der Waals surface area contributed by atoms with E-state index in [2.05, 4.69) is 29.3 Å². The lowest BCUT2D eigenvalue weighted by molar-refractivity contribution is 0.0779. The molecule has 0 spiro atoms. The number of benzene rings is 1. The number of hydrogen-bond acceptors (Lipinski definition) is 4. The molecule has 136 valence electrons. The molecule has 0 aliphatic rings. The molecule has 0 aliphatic carbocycles. The predicted molar refractivity (Wildman–Crippen MR) is 99.2 cm³/mol. The van der Waals surface area contributed by atoms with Crippen molar-refractivity contribution in [1.29, 1.82) is 0 Å². The number of aromatic nitrogens is 5. The second kappa shape index (κ2) is 7.11. The third-order valence-electron chi connectivity index (χ3n) is 4.44. The molecule has 3 aromatic rings. The van der Waals surface area contributed by atoms with Gasteiger partial charge in [0.25, 0.3) is 5.91 Å². The van der Waals surface area contributed by atoms with Crippen molar-refractivity contribution in [3.05, 3.63) is 59.2 Å². The molecule has 0 saturated heterocycles. The molecule has 0 aliphatic heterocycles. The predicted octanol–water partition coefficient (Wildman–Crippen LogP) is 2.93. The van der Waals surface area contributed by atoms with Crippen LogP contribution < -0.4 is 0 Å². The van der Waals surface area contributed by atoms with Gasteiger partial charge in [-0.05, 0) is 39.8 Å². The summed E-state index contributed by atoms with van der Waals surface area (Å²) in [6, 6.07) is 9.89. The summed E-state index contributed by atoms with van der Waals surface area (Å²) in [7, 11) is 1.77. The van der Waals surface area contributed by atoms with E-state index in [0.717, 1.165) is 22.6 Å². The molecule has 1 amide bonds. The van der Waals surface area contributed by atoms with Gasteiger partial charge in [-0.25, -0.2) is 4.68 Å². The van der Waals surface area contributed by atoms with Crippen LogP contribution in [0.25, 0.3) is 5.69 Å². The third-order valence-corrected chi connectivity index (χ3v) is 4.44. The summed E-state index contributed by atoms with van der Waals surface area (Å²) < 4.78 is 3.60. The Hall–Kier alpha value is -2.96. The number of para-hydroxylation sites is 1. The van der Waals surface area contributed by atoms with Gasteiger partial charge in [0.2, 0.25) is 0 Å². The molecule has 0 saturated carbocycles. The van der Waals surface area contributed by atoms with E-state index in [1.54, 1.807) is 22.8 Å². The Balaban J connectivity index is 1.78. The van der Waals surface area contributed by atoms with Crippen molar-refractivity contribution in [2.45, 2.75) is 40.3 Å². The van der Waals surface area contributed by atoms with Crippen LogP contribution in [0.4, 0.5) is 0 Å². The minimum atomic E-state index is -0.164. The summed E-state index contributed by atoms with van der Waals surface area (Å²) >= 11 is 0. The zero-order valence-corrected chi connectivity index (χ0v) is 15.8. The van der Waals surface area contributed by atoms with E-state index >= 15 is 0 Å². The fraction of sp³-hybridized carbons (Fsp3) is 0.368. The molecular weight excluding hydrogens is 328 g/mol. The number of hydrogen-bond donors (Lipinski definition) is 0. The molecule has 7 nitrogen and oxygen atoms in total. The number of carbonyl (C=O) groups excluding carboxylic acids is 1. The Bertz CT molecular complexity index is 910. The molecular formula is C19H24N6O. The van der Waals surface area contributed by atoms with Crippen molar-refractivity contribution in [1.82, 2.24) is 29.7 Å². The number of rotatable bonds is 5.